The normalized spacial score (nSPS) is 11.0. The molecule has 7 nitrogen and oxygen atoms in total. The number of hydrogen-bond donors (Lipinski definition) is 2. The number of fused-ring (bicyclic) bond motifs is 1. The Balaban J connectivity index is 2.08. The van der Waals surface area contributed by atoms with E-state index in [4.69, 9.17) is 38.4 Å². The topological polar surface area (TPSA) is 99.4 Å². The van der Waals surface area contributed by atoms with Crippen molar-refractivity contribution in [1.82, 2.24) is 15.3 Å². The second-order valence-electron chi connectivity index (χ2n) is 6.12. The molecule has 0 saturated carbocycles. The van der Waals surface area contributed by atoms with Crippen molar-refractivity contribution in [1.29, 1.82) is 0 Å². The molecule has 2 heterocycles. The SMILES string of the molecule is CCCNC(=O)c1cc2c(-c3cc(OCCOC)c(Cl)cc3Cl)nc(N)nc2s1. The summed E-state index contributed by atoms with van der Waals surface area (Å²) in [6.45, 7) is 3.34. The lowest BCUT2D eigenvalue weighted by Crippen LogP contribution is -2.22. The van der Waals surface area contributed by atoms with Gasteiger partial charge in [-0.15, -0.1) is 11.3 Å². The highest BCUT2D eigenvalue weighted by Gasteiger charge is 2.19. The molecule has 0 spiro atoms. The summed E-state index contributed by atoms with van der Waals surface area (Å²) < 4.78 is 10.7. The van der Waals surface area contributed by atoms with Crippen molar-refractivity contribution in [3.8, 4) is 17.0 Å². The number of halogens is 2. The molecule has 0 saturated heterocycles. The lowest BCUT2D eigenvalue weighted by molar-refractivity contribution is 0.0958. The van der Waals surface area contributed by atoms with Crippen molar-refractivity contribution in [3.05, 3.63) is 33.1 Å². The van der Waals surface area contributed by atoms with Gasteiger partial charge < -0.3 is 20.5 Å². The number of nitrogen functional groups attached to an aromatic ring is 1. The van der Waals surface area contributed by atoms with Crippen LogP contribution in [0.25, 0.3) is 21.5 Å². The first kappa shape index (κ1) is 21.6. The van der Waals surface area contributed by atoms with Gasteiger partial charge in [-0.25, -0.2) is 9.97 Å². The zero-order valence-electron chi connectivity index (χ0n) is 15.9. The molecule has 0 aliphatic carbocycles. The number of carbonyl (C=O) groups is 1. The summed E-state index contributed by atoms with van der Waals surface area (Å²) in [5.41, 5.74) is 7.01. The molecule has 3 rings (SSSR count). The van der Waals surface area contributed by atoms with E-state index in [-0.39, 0.29) is 11.9 Å². The standard InChI is InChI=1S/C19H20Cl2N4O3S/c1-3-4-23-17(26)15-8-11-16(24-19(22)25-18(11)29-15)10-7-14(28-6-5-27-2)13(21)9-12(10)20/h7-9H,3-6H2,1-2H3,(H,23,26)(H2,22,24,25). The monoisotopic (exact) mass is 454 g/mol. The van der Waals surface area contributed by atoms with Crippen LogP contribution in [0.15, 0.2) is 18.2 Å². The highest BCUT2D eigenvalue weighted by molar-refractivity contribution is 7.20. The van der Waals surface area contributed by atoms with Gasteiger partial charge >= 0.3 is 0 Å². The number of anilines is 1. The summed E-state index contributed by atoms with van der Waals surface area (Å²) in [6.07, 6.45) is 0.848. The van der Waals surface area contributed by atoms with Crippen LogP contribution in [0.3, 0.4) is 0 Å². The van der Waals surface area contributed by atoms with E-state index >= 15 is 0 Å². The molecular formula is C19H20Cl2N4O3S. The van der Waals surface area contributed by atoms with Crippen LogP contribution in [0.2, 0.25) is 10.0 Å². The molecule has 3 aromatic rings. The quantitative estimate of drug-likeness (QED) is 0.488. The Bertz CT molecular complexity index is 1040. The van der Waals surface area contributed by atoms with E-state index in [2.05, 4.69) is 15.3 Å². The van der Waals surface area contributed by atoms with Crippen LogP contribution in [0.5, 0.6) is 5.75 Å². The number of thiophene rings is 1. The van der Waals surface area contributed by atoms with E-state index in [0.717, 1.165) is 6.42 Å². The average Bonchev–Trinajstić information content (AvgIpc) is 3.11. The van der Waals surface area contributed by atoms with Gasteiger partial charge in [-0.1, -0.05) is 30.1 Å². The molecule has 0 fully saturated rings. The van der Waals surface area contributed by atoms with Gasteiger partial charge in [0, 0.05) is 24.6 Å². The minimum Gasteiger partial charge on any atom is -0.490 e. The number of rotatable bonds is 8. The molecule has 0 atom stereocenters. The number of ether oxygens (including phenoxy) is 2. The van der Waals surface area contributed by atoms with Gasteiger partial charge in [0.15, 0.2) is 0 Å². The lowest BCUT2D eigenvalue weighted by atomic mass is 10.1. The fourth-order valence-electron chi connectivity index (χ4n) is 2.64. The second kappa shape index (κ2) is 9.58. The number of nitrogens with zero attached hydrogens (tertiary/aromatic N) is 2. The van der Waals surface area contributed by atoms with Crippen molar-refractivity contribution in [3.63, 3.8) is 0 Å². The minimum absolute atomic E-state index is 0.0859. The Labute approximate surface area is 182 Å². The lowest BCUT2D eigenvalue weighted by Gasteiger charge is -2.12. The predicted molar refractivity (Wildman–Crippen MR) is 117 cm³/mol. The van der Waals surface area contributed by atoms with Crippen molar-refractivity contribution in [2.45, 2.75) is 13.3 Å². The summed E-state index contributed by atoms with van der Waals surface area (Å²) in [7, 11) is 1.59. The summed E-state index contributed by atoms with van der Waals surface area (Å²) in [6, 6.07) is 5.04. The van der Waals surface area contributed by atoms with Crippen molar-refractivity contribution in [2.75, 3.05) is 32.6 Å². The van der Waals surface area contributed by atoms with Crippen molar-refractivity contribution < 1.29 is 14.3 Å². The predicted octanol–water partition coefficient (Wildman–Crippen LogP) is 4.41. The number of nitrogens with two attached hydrogens (primary N) is 1. The van der Waals surface area contributed by atoms with Crippen LogP contribution in [0.4, 0.5) is 5.95 Å². The van der Waals surface area contributed by atoms with Crippen LogP contribution in [-0.2, 0) is 4.74 Å². The number of hydrogen-bond acceptors (Lipinski definition) is 7. The number of methoxy groups -OCH3 is 1. The van der Waals surface area contributed by atoms with Gasteiger partial charge in [-0.05, 0) is 24.6 Å². The van der Waals surface area contributed by atoms with Gasteiger partial charge in [0.05, 0.1) is 27.2 Å². The van der Waals surface area contributed by atoms with Gasteiger partial charge in [0.25, 0.3) is 5.91 Å². The fraction of sp³-hybridized carbons (Fsp3) is 0.316. The third-order valence-electron chi connectivity index (χ3n) is 3.99. The first-order chi connectivity index (χ1) is 13.9. The van der Waals surface area contributed by atoms with Gasteiger partial charge in [-0.2, -0.15) is 0 Å². The molecule has 29 heavy (non-hydrogen) atoms. The molecule has 0 aliphatic heterocycles. The molecule has 0 aliphatic rings. The molecule has 0 radical (unpaired) electrons. The van der Waals surface area contributed by atoms with Crippen molar-refractivity contribution >= 4 is 56.6 Å². The third-order valence-corrected chi connectivity index (χ3v) is 5.63. The molecule has 0 bridgehead atoms. The van der Waals surface area contributed by atoms with E-state index in [1.807, 2.05) is 6.92 Å². The first-order valence-electron chi connectivity index (χ1n) is 8.91. The van der Waals surface area contributed by atoms with Crippen LogP contribution in [-0.4, -0.2) is 42.7 Å². The van der Waals surface area contributed by atoms with E-state index in [1.54, 1.807) is 25.3 Å². The van der Waals surface area contributed by atoms with E-state index in [0.29, 0.717) is 61.9 Å². The van der Waals surface area contributed by atoms with Gasteiger partial charge in [0.1, 0.15) is 17.2 Å². The molecule has 3 N–H and O–H groups in total. The minimum atomic E-state index is -0.162. The second-order valence-corrected chi connectivity index (χ2v) is 7.96. The summed E-state index contributed by atoms with van der Waals surface area (Å²) in [5.74, 6) is 0.373. The zero-order valence-corrected chi connectivity index (χ0v) is 18.2. The van der Waals surface area contributed by atoms with Crippen LogP contribution in [0.1, 0.15) is 23.0 Å². The number of nitrogens with one attached hydrogen (secondary N) is 1. The first-order valence-corrected chi connectivity index (χ1v) is 10.5. The van der Waals surface area contributed by atoms with Crippen molar-refractivity contribution in [2.24, 2.45) is 0 Å². The van der Waals surface area contributed by atoms with E-state index in [9.17, 15) is 4.79 Å². The third kappa shape index (κ3) is 4.90. The largest absolute Gasteiger partial charge is 0.490 e. The van der Waals surface area contributed by atoms with Gasteiger partial charge in [-0.3, -0.25) is 4.79 Å². The Kier molecular flexibility index (Phi) is 7.13. The van der Waals surface area contributed by atoms with Gasteiger partial charge in [0.2, 0.25) is 5.95 Å². The van der Waals surface area contributed by atoms with E-state index < -0.39 is 0 Å². The number of amides is 1. The molecule has 1 aromatic carbocycles. The maximum Gasteiger partial charge on any atom is 0.261 e. The van der Waals surface area contributed by atoms with E-state index in [1.165, 1.54) is 11.3 Å². The zero-order chi connectivity index (χ0) is 21.0. The molecule has 10 heteroatoms. The summed E-state index contributed by atoms with van der Waals surface area (Å²) in [5, 5.41) is 4.29. The number of benzene rings is 1. The number of carbonyl (C=O) groups excluding carboxylic acids is 1. The maximum atomic E-state index is 12.4. The van der Waals surface area contributed by atoms with Crippen LogP contribution in [0, 0.1) is 0 Å². The summed E-state index contributed by atoms with van der Waals surface area (Å²) in [4.78, 5) is 22.1. The van der Waals surface area contributed by atoms with Crippen LogP contribution < -0.4 is 15.8 Å². The highest BCUT2D eigenvalue weighted by atomic mass is 35.5. The molecule has 154 valence electrons. The Morgan fingerprint density at radius 1 is 1.21 bits per heavy atom. The highest BCUT2D eigenvalue weighted by Crippen LogP contribution is 2.40. The Morgan fingerprint density at radius 2 is 2.00 bits per heavy atom. The Hall–Kier alpha value is -2.13. The summed E-state index contributed by atoms with van der Waals surface area (Å²) >= 11 is 13.9. The van der Waals surface area contributed by atoms with Crippen LogP contribution >= 0.6 is 34.5 Å². The average molecular weight is 455 g/mol. The smallest absolute Gasteiger partial charge is 0.261 e. The fourth-order valence-corrected chi connectivity index (χ4v) is 4.12. The molecular weight excluding hydrogens is 435 g/mol. The molecule has 1 amide bonds. The molecule has 2 aromatic heterocycles. The Morgan fingerprint density at radius 3 is 2.72 bits per heavy atom. The molecule has 0 unspecified atom stereocenters. The number of aromatic nitrogens is 2. The maximum absolute atomic E-state index is 12.4.